The Bertz CT molecular complexity index is 1000. The Labute approximate surface area is 149 Å². The van der Waals surface area contributed by atoms with E-state index in [1.165, 1.54) is 35.3 Å². The van der Waals surface area contributed by atoms with Gasteiger partial charge in [0.15, 0.2) is 5.82 Å². The van der Waals surface area contributed by atoms with Crippen LogP contribution in [0, 0.1) is 0 Å². The molecule has 0 radical (unpaired) electrons. The fourth-order valence-corrected chi connectivity index (χ4v) is 3.99. The monoisotopic (exact) mass is 370 g/mol. The molecule has 0 saturated carbocycles. The Hall–Kier alpha value is -3.11. The molecule has 4 rings (SSSR count). The first-order valence-corrected chi connectivity index (χ1v) is 9.16. The highest BCUT2D eigenvalue weighted by Gasteiger charge is 2.37. The number of nitrogens with one attached hydrogen (secondary N) is 1. The zero-order valence-electron chi connectivity index (χ0n) is 13.4. The molecule has 10 heteroatoms. The minimum atomic E-state index is -3.69. The van der Waals surface area contributed by atoms with Gasteiger partial charge in [0.2, 0.25) is 5.88 Å². The van der Waals surface area contributed by atoms with Crippen LogP contribution in [0.25, 0.3) is 0 Å². The van der Waals surface area contributed by atoms with Gasteiger partial charge in [0.1, 0.15) is 5.75 Å². The lowest BCUT2D eigenvalue weighted by atomic mass is 10.1. The topological polar surface area (TPSA) is 110 Å². The molecular weight excluding hydrogens is 356 g/mol. The van der Waals surface area contributed by atoms with E-state index < -0.39 is 16.3 Å². The summed E-state index contributed by atoms with van der Waals surface area (Å²) in [5, 5.41) is 0. The third-order valence-electron chi connectivity index (χ3n) is 3.76. The Morgan fingerprint density at radius 3 is 2.62 bits per heavy atom. The highest BCUT2D eigenvalue weighted by molar-refractivity contribution is 7.91. The molecule has 3 aromatic rings. The molecule has 0 bridgehead atoms. The van der Waals surface area contributed by atoms with E-state index in [0.29, 0.717) is 11.6 Å². The van der Waals surface area contributed by atoms with Gasteiger partial charge in [-0.2, -0.15) is 13.1 Å². The number of rotatable bonds is 4. The first kappa shape index (κ1) is 16.4. The number of nitrogens with zero attached hydrogens (tertiary/aromatic N) is 5. The molecule has 1 fully saturated rings. The molecule has 1 saturated heterocycles. The van der Waals surface area contributed by atoms with Crippen LogP contribution in [0.4, 0.5) is 5.82 Å². The molecule has 1 atom stereocenters. The van der Waals surface area contributed by atoms with Gasteiger partial charge in [0.25, 0.3) is 0 Å². The normalized spacial score (nSPS) is 18.6. The lowest BCUT2D eigenvalue weighted by Gasteiger charge is -2.14. The van der Waals surface area contributed by atoms with Crippen LogP contribution in [0.1, 0.15) is 11.6 Å². The zero-order chi connectivity index (χ0) is 18.0. The highest BCUT2D eigenvalue weighted by atomic mass is 32.2. The van der Waals surface area contributed by atoms with E-state index in [9.17, 15) is 8.42 Å². The third-order valence-corrected chi connectivity index (χ3v) is 5.26. The number of anilines is 1. The summed E-state index contributed by atoms with van der Waals surface area (Å²) in [7, 11) is -3.69. The van der Waals surface area contributed by atoms with Gasteiger partial charge >= 0.3 is 10.2 Å². The van der Waals surface area contributed by atoms with Crippen LogP contribution in [0.5, 0.6) is 11.6 Å². The van der Waals surface area contributed by atoms with Crippen molar-refractivity contribution < 1.29 is 13.2 Å². The van der Waals surface area contributed by atoms with E-state index >= 15 is 0 Å². The first-order valence-electron chi connectivity index (χ1n) is 7.72. The minimum Gasteiger partial charge on any atom is -0.437 e. The van der Waals surface area contributed by atoms with Crippen molar-refractivity contribution in [3.05, 3.63) is 67.0 Å². The van der Waals surface area contributed by atoms with E-state index in [2.05, 4.69) is 24.7 Å². The third kappa shape index (κ3) is 3.32. The van der Waals surface area contributed by atoms with Crippen LogP contribution >= 0.6 is 0 Å². The van der Waals surface area contributed by atoms with Crippen molar-refractivity contribution >= 4 is 16.0 Å². The smallest absolute Gasteiger partial charge is 0.303 e. The van der Waals surface area contributed by atoms with Crippen molar-refractivity contribution in [1.82, 2.24) is 24.7 Å². The molecule has 132 valence electrons. The van der Waals surface area contributed by atoms with Crippen molar-refractivity contribution in [2.24, 2.45) is 0 Å². The van der Waals surface area contributed by atoms with Gasteiger partial charge < -0.3 is 4.74 Å². The Morgan fingerprint density at radius 1 is 1.08 bits per heavy atom. The predicted molar refractivity (Wildman–Crippen MR) is 92.7 cm³/mol. The van der Waals surface area contributed by atoms with Gasteiger partial charge in [-0.15, -0.1) is 0 Å². The molecule has 26 heavy (non-hydrogen) atoms. The quantitative estimate of drug-likeness (QED) is 0.740. The van der Waals surface area contributed by atoms with Gasteiger partial charge in [0, 0.05) is 24.8 Å². The van der Waals surface area contributed by atoms with E-state index in [1.807, 2.05) is 6.07 Å². The van der Waals surface area contributed by atoms with Gasteiger partial charge in [0.05, 0.1) is 25.0 Å². The molecule has 2 aromatic heterocycles. The van der Waals surface area contributed by atoms with E-state index in [1.54, 1.807) is 24.4 Å². The molecule has 3 heterocycles. The average molecular weight is 370 g/mol. The number of hydrogen-bond acceptors (Lipinski definition) is 7. The van der Waals surface area contributed by atoms with Gasteiger partial charge in [-0.25, -0.2) is 14.3 Å². The summed E-state index contributed by atoms with van der Waals surface area (Å²) in [5.74, 6) is 1.17. The van der Waals surface area contributed by atoms with Crippen LogP contribution < -0.4 is 13.8 Å². The molecule has 0 amide bonds. The first-order chi connectivity index (χ1) is 12.6. The Kier molecular flexibility index (Phi) is 4.19. The maximum Gasteiger partial charge on any atom is 0.303 e. The molecule has 1 aromatic carbocycles. The van der Waals surface area contributed by atoms with Crippen molar-refractivity contribution in [2.45, 2.75) is 6.04 Å². The summed E-state index contributed by atoms with van der Waals surface area (Å²) < 4.78 is 34.3. The van der Waals surface area contributed by atoms with Crippen molar-refractivity contribution in [3.8, 4) is 11.6 Å². The highest BCUT2D eigenvalue weighted by Crippen LogP contribution is 2.29. The summed E-state index contributed by atoms with van der Waals surface area (Å²) in [6.07, 6.45) is 8.94. The van der Waals surface area contributed by atoms with E-state index in [4.69, 9.17) is 4.74 Å². The van der Waals surface area contributed by atoms with Crippen LogP contribution in [0.15, 0.2) is 61.4 Å². The van der Waals surface area contributed by atoms with Crippen LogP contribution in [-0.4, -0.2) is 34.9 Å². The van der Waals surface area contributed by atoms with Crippen molar-refractivity contribution in [2.75, 3.05) is 10.8 Å². The molecule has 1 aliphatic heterocycles. The lowest BCUT2D eigenvalue weighted by molar-refractivity contribution is 0.459. The van der Waals surface area contributed by atoms with Gasteiger partial charge in [-0.1, -0.05) is 12.1 Å². The van der Waals surface area contributed by atoms with Gasteiger partial charge in [-0.3, -0.25) is 9.97 Å². The lowest BCUT2D eigenvalue weighted by Crippen LogP contribution is -2.30. The van der Waals surface area contributed by atoms with E-state index in [0.717, 1.165) is 5.56 Å². The summed E-state index contributed by atoms with van der Waals surface area (Å²) in [6.45, 7) is 0.204. The Morgan fingerprint density at radius 2 is 1.88 bits per heavy atom. The number of hydrogen-bond donors (Lipinski definition) is 1. The largest absolute Gasteiger partial charge is 0.437 e. The zero-order valence-corrected chi connectivity index (χ0v) is 14.2. The summed E-state index contributed by atoms with van der Waals surface area (Å²) in [4.78, 5) is 16.0. The summed E-state index contributed by atoms with van der Waals surface area (Å²) in [5.41, 5.74) is 0.765. The molecule has 0 spiro atoms. The molecule has 1 N–H and O–H groups in total. The predicted octanol–water partition coefficient (Wildman–Crippen LogP) is 1.45. The average Bonchev–Trinajstić information content (AvgIpc) is 2.99. The molecule has 0 aliphatic carbocycles. The van der Waals surface area contributed by atoms with Crippen molar-refractivity contribution in [1.29, 1.82) is 0 Å². The SMILES string of the molecule is O=S1(=O)NC(c2cccc(Oc3cnccn3)c2)CN1c1cnccn1. The standard InChI is InChI=1S/C16H14N6O3S/c23-26(24)21-14(11-22(26)15-9-17-4-6-19-15)12-2-1-3-13(8-12)25-16-10-18-5-7-20-16/h1-10,14,21H,11H2. The number of aromatic nitrogens is 4. The van der Waals surface area contributed by atoms with Crippen LogP contribution in [-0.2, 0) is 10.2 Å². The Balaban J connectivity index is 1.58. The molecule has 1 aliphatic rings. The summed E-state index contributed by atoms with van der Waals surface area (Å²) in [6, 6.07) is 6.72. The maximum atomic E-state index is 12.4. The van der Waals surface area contributed by atoms with E-state index in [-0.39, 0.29) is 12.4 Å². The fraction of sp³-hybridized carbons (Fsp3) is 0.125. The second-order valence-electron chi connectivity index (χ2n) is 5.49. The van der Waals surface area contributed by atoms with Crippen molar-refractivity contribution in [3.63, 3.8) is 0 Å². The molecular formula is C16H14N6O3S. The fourth-order valence-electron chi connectivity index (χ4n) is 2.61. The minimum absolute atomic E-state index is 0.204. The van der Waals surface area contributed by atoms with Crippen LogP contribution in [0.2, 0.25) is 0 Å². The molecule has 9 nitrogen and oxygen atoms in total. The maximum absolute atomic E-state index is 12.4. The van der Waals surface area contributed by atoms with Gasteiger partial charge in [-0.05, 0) is 17.7 Å². The second-order valence-corrected chi connectivity index (χ2v) is 7.11. The summed E-state index contributed by atoms with van der Waals surface area (Å²) >= 11 is 0. The van der Waals surface area contributed by atoms with Crippen LogP contribution in [0.3, 0.4) is 0 Å². The molecule has 1 unspecified atom stereocenters. The second kappa shape index (κ2) is 6.65. The number of benzene rings is 1. The number of ether oxygens (including phenoxy) is 1.